The Kier molecular flexibility index (Phi) is 5.67. The second-order valence-corrected chi connectivity index (χ2v) is 5.25. The molecule has 21 heavy (non-hydrogen) atoms. The smallest absolute Gasteiger partial charge is 0.223 e. The zero-order valence-corrected chi connectivity index (χ0v) is 12.8. The van der Waals surface area contributed by atoms with E-state index < -0.39 is 0 Å². The van der Waals surface area contributed by atoms with E-state index >= 15 is 0 Å². The van der Waals surface area contributed by atoms with E-state index in [0.29, 0.717) is 54.2 Å². The molecule has 2 rings (SSSR count). The molecule has 3 N–H and O–H groups in total. The Morgan fingerprint density at radius 3 is 2.81 bits per heavy atom. The number of anilines is 1. The van der Waals surface area contributed by atoms with Gasteiger partial charge in [0.2, 0.25) is 11.9 Å². The molecular formula is C13H16Cl2N4O2. The first-order valence-corrected chi connectivity index (χ1v) is 7.28. The summed E-state index contributed by atoms with van der Waals surface area (Å²) in [5.41, 5.74) is 5.67. The van der Waals surface area contributed by atoms with E-state index in [9.17, 15) is 4.79 Å². The van der Waals surface area contributed by atoms with Gasteiger partial charge in [0.15, 0.2) is 0 Å². The number of halogens is 2. The third kappa shape index (κ3) is 4.49. The summed E-state index contributed by atoms with van der Waals surface area (Å²) in [5, 5.41) is 5.71. The van der Waals surface area contributed by atoms with Crippen LogP contribution >= 0.6 is 23.2 Å². The summed E-state index contributed by atoms with van der Waals surface area (Å²) >= 11 is 12.2. The quantitative estimate of drug-likeness (QED) is 0.784. The minimum atomic E-state index is -0.338. The summed E-state index contributed by atoms with van der Waals surface area (Å²) in [6.45, 7) is 1.63. The molecule has 1 aliphatic rings. The summed E-state index contributed by atoms with van der Waals surface area (Å²) in [5.74, 6) is 0.207. The largest absolute Gasteiger partial charge is 0.370 e. The second-order valence-electron chi connectivity index (χ2n) is 4.43. The Hall–Kier alpha value is -1.50. The number of guanidine groups is 1. The van der Waals surface area contributed by atoms with Crippen LogP contribution in [0.2, 0.25) is 10.0 Å². The molecule has 0 bridgehead atoms. The average molecular weight is 331 g/mol. The number of para-hydroxylation sites is 1. The van der Waals surface area contributed by atoms with E-state index in [1.807, 2.05) is 0 Å². The van der Waals surface area contributed by atoms with Crippen molar-refractivity contribution in [3.63, 3.8) is 0 Å². The molecule has 0 saturated heterocycles. The fourth-order valence-corrected chi connectivity index (χ4v) is 2.30. The molecule has 1 aromatic rings. The number of nitrogens with zero attached hydrogens (tertiary/aromatic N) is 2. The lowest BCUT2D eigenvalue weighted by Crippen LogP contribution is -2.33. The van der Waals surface area contributed by atoms with Gasteiger partial charge in [-0.2, -0.15) is 0 Å². The molecule has 1 heterocycles. The van der Waals surface area contributed by atoms with Crippen LogP contribution < -0.4 is 11.1 Å². The highest BCUT2D eigenvalue weighted by Crippen LogP contribution is 2.30. The van der Waals surface area contributed by atoms with Crippen molar-refractivity contribution < 1.29 is 9.63 Å². The number of carbonyl (C=O) groups excluding carboxylic acids is 1. The Morgan fingerprint density at radius 1 is 1.43 bits per heavy atom. The fraction of sp³-hybridized carbons (Fsp3) is 0.385. The SMILES string of the molecule is NC(=O)CCCON1CCN=C1Nc1c(Cl)cccc1Cl. The van der Waals surface area contributed by atoms with Gasteiger partial charge >= 0.3 is 0 Å². The number of primary amides is 1. The molecule has 0 radical (unpaired) electrons. The van der Waals surface area contributed by atoms with Gasteiger partial charge in [-0.3, -0.25) is 9.63 Å². The molecule has 0 atom stereocenters. The molecule has 1 aromatic carbocycles. The molecule has 0 unspecified atom stereocenters. The topological polar surface area (TPSA) is 80.0 Å². The van der Waals surface area contributed by atoms with Crippen molar-refractivity contribution in [2.75, 3.05) is 25.0 Å². The summed E-state index contributed by atoms with van der Waals surface area (Å²) in [4.78, 5) is 20.5. The van der Waals surface area contributed by atoms with Crippen molar-refractivity contribution in [1.29, 1.82) is 0 Å². The normalized spacial score (nSPS) is 14.2. The van der Waals surface area contributed by atoms with Crippen LogP contribution in [0.15, 0.2) is 23.2 Å². The molecular weight excluding hydrogens is 315 g/mol. The number of hydrogen-bond donors (Lipinski definition) is 2. The van der Waals surface area contributed by atoms with Gasteiger partial charge in [-0.05, 0) is 18.6 Å². The first kappa shape index (κ1) is 15.9. The average Bonchev–Trinajstić information content (AvgIpc) is 2.86. The van der Waals surface area contributed by atoms with Crippen molar-refractivity contribution in [3.8, 4) is 0 Å². The lowest BCUT2D eigenvalue weighted by atomic mass is 10.3. The summed E-state index contributed by atoms with van der Waals surface area (Å²) in [6.07, 6.45) is 0.857. The Balaban J connectivity index is 1.91. The highest BCUT2D eigenvalue weighted by Gasteiger charge is 2.19. The summed E-state index contributed by atoms with van der Waals surface area (Å²) < 4.78 is 0. The van der Waals surface area contributed by atoms with Crippen molar-refractivity contribution in [2.24, 2.45) is 10.7 Å². The number of amides is 1. The van der Waals surface area contributed by atoms with Crippen LogP contribution in [0.4, 0.5) is 5.69 Å². The van der Waals surface area contributed by atoms with Crippen LogP contribution in [0.25, 0.3) is 0 Å². The zero-order chi connectivity index (χ0) is 15.2. The maximum atomic E-state index is 10.7. The fourth-order valence-electron chi connectivity index (χ4n) is 1.81. The minimum Gasteiger partial charge on any atom is -0.370 e. The molecule has 0 aliphatic carbocycles. The molecule has 6 nitrogen and oxygen atoms in total. The number of aliphatic imine (C=N–C) groups is 1. The predicted molar refractivity (Wildman–Crippen MR) is 83.5 cm³/mol. The van der Waals surface area contributed by atoms with Gasteiger partial charge in [0.05, 0.1) is 35.4 Å². The van der Waals surface area contributed by atoms with Crippen LogP contribution in [-0.4, -0.2) is 36.6 Å². The molecule has 0 spiro atoms. The van der Waals surface area contributed by atoms with Crippen LogP contribution in [-0.2, 0) is 9.63 Å². The van der Waals surface area contributed by atoms with Gasteiger partial charge in [0.25, 0.3) is 0 Å². The Morgan fingerprint density at radius 2 is 2.14 bits per heavy atom. The van der Waals surface area contributed by atoms with Gasteiger partial charge in [-0.25, -0.2) is 10.1 Å². The number of rotatable bonds is 6. The monoisotopic (exact) mass is 330 g/mol. The second kappa shape index (κ2) is 7.49. The number of benzene rings is 1. The van der Waals surface area contributed by atoms with E-state index in [4.69, 9.17) is 33.8 Å². The molecule has 0 saturated carbocycles. The number of hydrogen-bond acceptors (Lipinski definition) is 5. The Labute approximate surface area is 132 Å². The van der Waals surface area contributed by atoms with Crippen molar-refractivity contribution in [2.45, 2.75) is 12.8 Å². The summed E-state index contributed by atoms with van der Waals surface area (Å²) in [7, 11) is 0. The van der Waals surface area contributed by atoms with E-state index in [-0.39, 0.29) is 5.91 Å². The number of carbonyl (C=O) groups is 1. The van der Waals surface area contributed by atoms with Crippen LogP contribution in [0.1, 0.15) is 12.8 Å². The van der Waals surface area contributed by atoms with E-state index in [0.717, 1.165) is 0 Å². The van der Waals surface area contributed by atoms with Crippen LogP contribution in [0, 0.1) is 0 Å². The third-order valence-corrected chi connectivity index (χ3v) is 3.45. The molecule has 8 heteroatoms. The van der Waals surface area contributed by atoms with Gasteiger partial charge in [-0.1, -0.05) is 29.3 Å². The highest BCUT2D eigenvalue weighted by atomic mass is 35.5. The van der Waals surface area contributed by atoms with Gasteiger partial charge in [0.1, 0.15) is 0 Å². The van der Waals surface area contributed by atoms with Gasteiger partial charge in [-0.15, -0.1) is 0 Å². The third-order valence-electron chi connectivity index (χ3n) is 2.82. The van der Waals surface area contributed by atoms with Gasteiger partial charge < -0.3 is 11.1 Å². The lowest BCUT2D eigenvalue weighted by Gasteiger charge is -2.21. The lowest BCUT2D eigenvalue weighted by molar-refractivity contribution is -0.120. The highest BCUT2D eigenvalue weighted by molar-refractivity contribution is 6.39. The maximum absolute atomic E-state index is 10.7. The number of nitrogens with one attached hydrogen (secondary N) is 1. The van der Waals surface area contributed by atoms with E-state index in [1.54, 1.807) is 23.3 Å². The molecule has 0 fully saturated rings. The van der Waals surface area contributed by atoms with Crippen molar-refractivity contribution in [3.05, 3.63) is 28.2 Å². The van der Waals surface area contributed by atoms with Crippen molar-refractivity contribution in [1.82, 2.24) is 5.06 Å². The summed E-state index contributed by atoms with van der Waals surface area (Å²) in [6, 6.07) is 5.25. The van der Waals surface area contributed by atoms with E-state index in [1.165, 1.54) is 0 Å². The number of hydroxylamine groups is 2. The van der Waals surface area contributed by atoms with E-state index in [2.05, 4.69) is 10.3 Å². The minimum absolute atomic E-state index is 0.296. The van der Waals surface area contributed by atoms with Crippen LogP contribution in [0.5, 0.6) is 0 Å². The molecule has 114 valence electrons. The predicted octanol–water partition coefficient (Wildman–Crippen LogP) is 2.27. The standard InChI is InChI=1S/C13H16Cl2N4O2/c14-9-3-1-4-10(15)12(9)18-13-17-6-7-19(13)21-8-2-5-11(16)20/h1,3-4H,2,5-8H2,(H2,16,20)(H,17,18). The Bertz CT molecular complexity index is 531. The first-order chi connectivity index (χ1) is 10.1. The maximum Gasteiger partial charge on any atom is 0.223 e. The van der Waals surface area contributed by atoms with Gasteiger partial charge in [0, 0.05) is 6.42 Å². The zero-order valence-electron chi connectivity index (χ0n) is 11.3. The first-order valence-electron chi connectivity index (χ1n) is 6.52. The molecule has 1 aliphatic heterocycles. The van der Waals surface area contributed by atoms with Crippen molar-refractivity contribution >= 4 is 40.8 Å². The molecule has 1 amide bonds. The number of nitrogens with two attached hydrogens (primary N) is 1. The molecule has 0 aromatic heterocycles. The van der Waals surface area contributed by atoms with Crippen LogP contribution in [0.3, 0.4) is 0 Å².